The van der Waals surface area contributed by atoms with Crippen molar-refractivity contribution in [3.63, 3.8) is 0 Å². The maximum Gasteiger partial charge on any atom is 0.341 e. The van der Waals surface area contributed by atoms with Crippen LogP contribution < -0.4 is 4.74 Å². The quantitative estimate of drug-likeness (QED) is 0.0849. The number of benzene rings is 1. The summed E-state index contributed by atoms with van der Waals surface area (Å²) in [6, 6.07) is 3.82. The number of ether oxygens (including phenoxy) is 4. The highest BCUT2D eigenvalue weighted by molar-refractivity contribution is 7.52. The second-order valence-corrected chi connectivity index (χ2v) is 11.5. The monoisotopic (exact) mass is 566 g/mol. The molecule has 0 radical (unpaired) electrons. The summed E-state index contributed by atoms with van der Waals surface area (Å²) >= 11 is 0. The molecule has 12 nitrogen and oxygen atoms in total. The first-order valence-electron chi connectivity index (χ1n) is 11.0. The van der Waals surface area contributed by atoms with E-state index in [9.17, 15) is 18.7 Å². The molecule has 0 aliphatic carbocycles. The summed E-state index contributed by atoms with van der Waals surface area (Å²) in [6.45, 7) is 14.1. The van der Waals surface area contributed by atoms with Crippen molar-refractivity contribution in [3.05, 3.63) is 53.1 Å². The molecule has 0 spiro atoms. The minimum Gasteiger partial charge on any atom is -0.463 e. The standard InChI is InChI=1S/C15H21O6P.C8H15O6P/c1-10-7-11(2)14(12(3)8-10)21-15(16)13(4)9-20-5-6-22(17,18)19;1-3-14-8(9)7(2)6-13-4-5-15(10,11)12/h7-8H,4-6,9H2,1-3H3,(H2,17,18,19);2-6H2,1H3,(H2,10,11,12). The summed E-state index contributed by atoms with van der Waals surface area (Å²) in [5, 5.41) is 0. The van der Waals surface area contributed by atoms with Crippen molar-refractivity contribution in [1.29, 1.82) is 0 Å². The Hall–Kier alpha value is -2.14. The van der Waals surface area contributed by atoms with Gasteiger partial charge in [0, 0.05) is 0 Å². The molecule has 37 heavy (non-hydrogen) atoms. The van der Waals surface area contributed by atoms with Crippen LogP contribution in [-0.2, 0) is 32.9 Å². The molecule has 0 saturated heterocycles. The summed E-state index contributed by atoms with van der Waals surface area (Å²) in [4.78, 5) is 57.3. The van der Waals surface area contributed by atoms with Gasteiger partial charge >= 0.3 is 27.1 Å². The summed E-state index contributed by atoms with van der Waals surface area (Å²) in [5.41, 5.74) is 2.99. The van der Waals surface area contributed by atoms with Crippen LogP contribution in [0.2, 0.25) is 0 Å². The molecule has 0 aliphatic heterocycles. The Morgan fingerprint density at radius 3 is 1.59 bits per heavy atom. The van der Waals surface area contributed by atoms with Crippen LogP contribution in [0.5, 0.6) is 5.75 Å². The van der Waals surface area contributed by atoms with Gasteiger partial charge in [0.1, 0.15) is 5.75 Å². The van der Waals surface area contributed by atoms with Crippen LogP contribution in [0.1, 0.15) is 23.6 Å². The average Bonchev–Trinajstić information content (AvgIpc) is 2.75. The minimum atomic E-state index is -4.09. The van der Waals surface area contributed by atoms with E-state index in [2.05, 4.69) is 17.9 Å². The van der Waals surface area contributed by atoms with Gasteiger partial charge in [0.15, 0.2) is 0 Å². The molecule has 0 unspecified atom stereocenters. The van der Waals surface area contributed by atoms with E-state index < -0.39 is 33.3 Å². The maximum atomic E-state index is 11.9. The number of aryl methyl sites for hydroxylation is 3. The number of carbonyl (C=O) groups excluding carboxylic acids is 2. The van der Waals surface area contributed by atoms with E-state index in [-0.39, 0.29) is 50.3 Å². The Bertz CT molecular complexity index is 1020. The van der Waals surface area contributed by atoms with Gasteiger partial charge in [0.05, 0.1) is 56.5 Å². The molecule has 210 valence electrons. The lowest BCUT2D eigenvalue weighted by Crippen LogP contribution is -2.16. The van der Waals surface area contributed by atoms with Gasteiger partial charge in [-0.3, -0.25) is 9.13 Å². The Labute approximate surface area is 216 Å². The fourth-order valence-corrected chi connectivity index (χ4v) is 3.34. The molecule has 0 amide bonds. The molecular weight excluding hydrogens is 530 g/mol. The number of hydrogen-bond donors (Lipinski definition) is 4. The Balaban J connectivity index is 0.000000757. The number of rotatable bonds is 14. The van der Waals surface area contributed by atoms with Gasteiger partial charge in [-0.1, -0.05) is 30.9 Å². The van der Waals surface area contributed by atoms with E-state index in [1.807, 2.05) is 32.9 Å². The molecule has 0 heterocycles. The van der Waals surface area contributed by atoms with E-state index in [4.69, 9.17) is 33.8 Å². The molecule has 0 atom stereocenters. The second kappa shape index (κ2) is 16.7. The fourth-order valence-electron chi connectivity index (χ4n) is 2.60. The summed E-state index contributed by atoms with van der Waals surface area (Å²) in [5.74, 6) is -0.688. The largest absolute Gasteiger partial charge is 0.463 e. The predicted molar refractivity (Wildman–Crippen MR) is 137 cm³/mol. The van der Waals surface area contributed by atoms with Crippen molar-refractivity contribution in [1.82, 2.24) is 0 Å². The lowest BCUT2D eigenvalue weighted by Gasteiger charge is -2.13. The highest BCUT2D eigenvalue weighted by atomic mass is 31.2. The van der Waals surface area contributed by atoms with Gasteiger partial charge in [0.2, 0.25) is 0 Å². The van der Waals surface area contributed by atoms with Crippen LogP contribution in [0, 0.1) is 20.8 Å². The number of hydrogen-bond acceptors (Lipinski definition) is 8. The van der Waals surface area contributed by atoms with Crippen molar-refractivity contribution >= 4 is 27.1 Å². The highest BCUT2D eigenvalue weighted by Crippen LogP contribution is 2.34. The van der Waals surface area contributed by atoms with Gasteiger partial charge in [-0.15, -0.1) is 0 Å². The third-order valence-electron chi connectivity index (χ3n) is 4.26. The molecule has 0 fully saturated rings. The molecule has 4 N–H and O–H groups in total. The molecule has 1 rings (SSSR count). The lowest BCUT2D eigenvalue weighted by molar-refractivity contribution is -0.139. The van der Waals surface area contributed by atoms with Gasteiger partial charge in [0.25, 0.3) is 0 Å². The fraction of sp³-hybridized carbons (Fsp3) is 0.478. The topological polar surface area (TPSA) is 186 Å². The first-order chi connectivity index (χ1) is 17.0. The molecule has 1 aromatic rings. The van der Waals surface area contributed by atoms with E-state index in [0.29, 0.717) is 5.75 Å². The van der Waals surface area contributed by atoms with Crippen LogP contribution in [0.3, 0.4) is 0 Å². The Morgan fingerprint density at radius 2 is 1.22 bits per heavy atom. The van der Waals surface area contributed by atoms with E-state index in [1.54, 1.807) is 6.92 Å². The normalized spacial score (nSPS) is 11.2. The molecule has 14 heteroatoms. The molecule has 0 saturated carbocycles. The second-order valence-electron chi connectivity index (χ2n) is 7.93. The summed E-state index contributed by atoms with van der Waals surface area (Å²) in [7, 11) is -8.13. The summed E-state index contributed by atoms with van der Waals surface area (Å²) < 4.78 is 40.9. The number of esters is 2. The smallest absolute Gasteiger partial charge is 0.341 e. The predicted octanol–water partition coefficient (Wildman–Crippen LogP) is 2.57. The van der Waals surface area contributed by atoms with E-state index in [0.717, 1.165) is 16.7 Å². The minimum absolute atomic E-state index is 0.0845. The zero-order valence-corrected chi connectivity index (χ0v) is 23.3. The molecule has 1 aromatic carbocycles. The SMILES string of the molecule is C=C(COCCP(=O)(O)O)C(=O)OCC.C=C(COCCP(=O)(O)O)C(=O)Oc1c(C)cc(C)cc1C. The first-order valence-corrected chi connectivity index (χ1v) is 14.6. The van der Waals surface area contributed by atoms with Crippen molar-refractivity contribution in [2.24, 2.45) is 0 Å². The van der Waals surface area contributed by atoms with E-state index >= 15 is 0 Å². The van der Waals surface area contributed by atoms with Crippen molar-refractivity contribution in [3.8, 4) is 5.75 Å². The lowest BCUT2D eigenvalue weighted by atomic mass is 10.1. The zero-order chi connectivity index (χ0) is 28.8. The third-order valence-corrected chi connectivity index (χ3v) is 5.79. The molecule has 0 bridgehead atoms. The van der Waals surface area contributed by atoms with Crippen molar-refractivity contribution < 1.29 is 57.2 Å². The van der Waals surface area contributed by atoms with Crippen LogP contribution in [0.15, 0.2) is 36.4 Å². The maximum absolute atomic E-state index is 11.9. The van der Waals surface area contributed by atoms with Crippen LogP contribution in [0.4, 0.5) is 0 Å². The van der Waals surface area contributed by atoms with Crippen LogP contribution in [-0.4, -0.2) is 76.9 Å². The van der Waals surface area contributed by atoms with Crippen LogP contribution >= 0.6 is 15.2 Å². The van der Waals surface area contributed by atoms with Gasteiger partial charge < -0.3 is 38.5 Å². The van der Waals surface area contributed by atoms with Gasteiger partial charge in [-0.2, -0.15) is 0 Å². The van der Waals surface area contributed by atoms with Crippen molar-refractivity contribution in [2.75, 3.05) is 45.4 Å². The van der Waals surface area contributed by atoms with Crippen molar-refractivity contribution in [2.45, 2.75) is 27.7 Å². The Kier molecular flexibility index (Phi) is 15.7. The zero-order valence-electron chi connectivity index (χ0n) is 21.5. The molecule has 0 aromatic heterocycles. The molecular formula is C23H36O12P2. The highest BCUT2D eigenvalue weighted by Gasteiger charge is 2.16. The van der Waals surface area contributed by atoms with Gasteiger partial charge in [-0.05, 0) is 38.8 Å². The molecule has 0 aliphatic rings. The first kappa shape index (κ1) is 34.9. The third kappa shape index (κ3) is 17.1. The van der Waals surface area contributed by atoms with E-state index in [1.165, 1.54) is 0 Å². The Morgan fingerprint density at radius 1 is 0.811 bits per heavy atom. The average molecular weight is 566 g/mol. The summed E-state index contributed by atoms with van der Waals surface area (Å²) in [6.07, 6.45) is -0.769. The number of carbonyl (C=O) groups is 2. The van der Waals surface area contributed by atoms with Gasteiger partial charge in [-0.25, -0.2) is 9.59 Å². The van der Waals surface area contributed by atoms with Crippen LogP contribution in [0.25, 0.3) is 0 Å².